The lowest BCUT2D eigenvalue weighted by Crippen LogP contribution is -2.44. The molecule has 1 aromatic carbocycles. The summed E-state index contributed by atoms with van der Waals surface area (Å²) in [6.45, 7) is 6.10. The van der Waals surface area contributed by atoms with Gasteiger partial charge in [-0.2, -0.15) is 4.98 Å². The van der Waals surface area contributed by atoms with Gasteiger partial charge in [0, 0.05) is 37.1 Å². The molecule has 0 amide bonds. The minimum atomic E-state index is 0.328. The molecular formula is C18H19ClN4S. The van der Waals surface area contributed by atoms with Gasteiger partial charge < -0.3 is 9.80 Å². The van der Waals surface area contributed by atoms with Gasteiger partial charge in [-0.25, -0.2) is 4.98 Å². The first-order valence-electron chi connectivity index (χ1n) is 8.07. The highest BCUT2D eigenvalue weighted by Crippen LogP contribution is 2.39. The highest BCUT2D eigenvalue weighted by molar-refractivity contribution is 7.17. The van der Waals surface area contributed by atoms with Crippen LogP contribution in [0.25, 0.3) is 21.3 Å². The Morgan fingerprint density at radius 2 is 1.75 bits per heavy atom. The van der Waals surface area contributed by atoms with E-state index in [-0.39, 0.29) is 0 Å². The van der Waals surface area contributed by atoms with Crippen molar-refractivity contribution >= 4 is 39.0 Å². The van der Waals surface area contributed by atoms with Crippen molar-refractivity contribution in [2.75, 3.05) is 38.1 Å². The largest absolute Gasteiger partial charge is 0.353 e. The van der Waals surface area contributed by atoms with Crippen molar-refractivity contribution in [1.29, 1.82) is 0 Å². The van der Waals surface area contributed by atoms with Gasteiger partial charge in [0.1, 0.15) is 10.6 Å². The van der Waals surface area contributed by atoms with E-state index in [4.69, 9.17) is 11.6 Å². The Hall–Kier alpha value is -1.69. The molecule has 24 heavy (non-hydrogen) atoms. The predicted molar refractivity (Wildman–Crippen MR) is 102 cm³/mol. The highest BCUT2D eigenvalue weighted by atomic mass is 35.5. The summed E-state index contributed by atoms with van der Waals surface area (Å²) in [5.41, 5.74) is 3.66. The molecule has 1 aliphatic rings. The lowest BCUT2D eigenvalue weighted by Gasteiger charge is -2.33. The van der Waals surface area contributed by atoms with E-state index in [1.165, 1.54) is 16.7 Å². The predicted octanol–water partition coefficient (Wildman–Crippen LogP) is 4.07. The average Bonchev–Trinajstić information content (AvgIpc) is 2.99. The minimum Gasteiger partial charge on any atom is -0.353 e. The summed E-state index contributed by atoms with van der Waals surface area (Å²) >= 11 is 7.83. The number of aryl methyl sites for hydroxylation is 1. The standard InChI is InChI=1S/C18H19ClN4S/c1-12-3-5-13(6-4-12)14-11-24-17-15(14)16(20-18(19)21-17)23-9-7-22(2)8-10-23/h3-6,11H,7-10H2,1-2H3. The Kier molecular flexibility index (Phi) is 4.16. The number of halogens is 1. The van der Waals surface area contributed by atoms with Crippen LogP contribution in [-0.4, -0.2) is 48.1 Å². The maximum absolute atomic E-state index is 6.20. The van der Waals surface area contributed by atoms with Crippen LogP contribution in [0.4, 0.5) is 5.82 Å². The molecule has 1 fully saturated rings. The first-order valence-corrected chi connectivity index (χ1v) is 9.33. The number of aromatic nitrogens is 2. The Labute approximate surface area is 150 Å². The van der Waals surface area contributed by atoms with Gasteiger partial charge in [0.25, 0.3) is 0 Å². The Balaban J connectivity index is 1.86. The van der Waals surface area contributed by atoms with Crippen LogP contribution in [-0.2, 0) is 0 Å². The Bertz CT molecular complexity index is 867. The number of piperazine rings is 1. The molecule has 0 atom stereocenters. The fourth-order valence-electron chi connectivity index (χ4n) is 3.09. The quantitative estimate of drug-likeness (QED) is 0.646. The van der Waals surface area contributed by atoms with Crippen LogP contribution in [0, 0.1) is 6.92 Å². The van der Waals surface area contributed by atoms with E-state index >= 15 is 0 Å². The van der Waals surface area contributed by atoms with Crippen molar-refractivity contribution in [3.63, 3.8) is 0 Å². The number of hydrogen-bond acceptors (Lipinski definition) is 5. The number of nitrogens with zero attached hydrogens (tertiary/aromatic N) is 4. The molecule has 0 bridgehead atoms. The molecule has 0 unspecified atom stereocenters. The van der Waals surface area contributed by atoms with E-state index in [1.807, 2.05) is 0 Å². The summed E-state index contributed by atoms with van der Waals surface area (Å²) in [7, 11) is 2.15. The third kappa shape index (κ3) is 2.88. The molecule has 1 aliphatic heterocycles. The zero-order chi connectivity index (χ0) is 16.7. The summed E-state index contributed by atoms with van der Waals surface area (Å²) in [6.07, 6.45) is 0. The summed E-state index contributed by atoms with van der Waals surface area (Å²) in [5, 5.41) is 3.62. The first-order chi connectivity index (χ1) is 11.6. The molecule has 2 aromatic heterocycles. The number of hydrogen-bond donors (Lipinski definition) is 0. The van der Waals surface area contributed by atoms with Crippen molar-refractivity contribution in [1.82, 2.24) is 14.9 Å². The van der Waals surface area contributed by atoms with Gasteiger partial charge in [-0.1, -0.05) is 29.8 Å². The Morgan fingerprint density at radius 1 is 1.04 bits per heavy atom. The van der Waals surface area contributed by atoms with Crippen LogP contribution in [0.5, 0.6) is 0 Å². The van der Waals surface area contributed by atoms with Gasteiger partial charge in [0.2, 0.25) is 5.28 Å². The van der Waals surface area contributed by atoms with Gasteiger partial charge in [-0.15, -0.1) is 11.3 Å². The topological polar surface area (TPSA) is 32.3 Å². The SMILES string of the molecule is Cc1ccc(-c2csc3nc(Cl)nc(N4CCN(C)CC4)c23)cc1. The zero-order valence-corrected chi connectivity index (χ0v) is 15.4. The second-order valence-electron chi connectivity index (χ2n) is 6.30. The molecule has 4 rings (SSSR count). The summed E-state index contributed by atoms with van der Waals surface area (Å²) in [5.74, 6) is 0.968. The van der Waals surface area contributed by atoms with Crippen LogP contribution in [0.1, 0.15) is 5.56 Å². The number of benzene rings is 1. The van der Waals surface area contributed by atoms with E-state index in [0.717, 1.165) is 42.2 Å². The smallest absolute Gasteiger partial charge is 0.225 e. The summed E-state index contributed by atoms with van der Waals surface area (Å²) in [4.78, 5) is 14.7. The molecule has 0 N–H and O–H groups in total. The third-order valence-electron chi connectivity index (χ3n) is 4.55. The molecule has 4 nitrogen and oxygen atoms in total. The van der Waals surface area contributed by atoms with E-state index in [2.05, 4.69) is 63.4 Å². The molecule has 6 heteroatoms. The number of fused-ring (bicyclic) bond motifs is 1. The van der Waals surface area contributed by atoms with Crippen molar-refractivity contribution in [3.05, 3.63) is 40.5 Å². The average molecular weight is 359 g/mol. The molecular weight excluding hydrogens is 340 g/mol. The molecule has 0 aliphatic carbocycles. The normalized spacial score (nSPS) is 16.0. The minimum absolute atomic E-state index is 0.328. The summed E-state index contributed by atoms with van der Waals surface area (Å²) in [6, 6.07) is 8.62. The highest BCUT2D eigenvalue weighted by Gasteiger charge is 2.22. The maximum atomic E-state index is 6.20. The molecule has 1 saturated heterocycles. The van der Waals surface area contributed by atoms with Crippen molar-refractivity contribution in [3.8, 4) is 11.1 Å². The monoisotopic (exact) mass is 358 g/mol. The number of likely N-dealkylation sites (N-methyl/N-ethyl adjacent to an activating group) is 1. The fourth-order valence-corrected chi connectivity index (χ4v) is 4.25. The molecule has 0 saturated carbocycles. The molecule has 3 aromatic rings. The van der Waals surface area contributed by atoms with Crippen molar-refractivity contribution in [2.45, 2.75) is 6.92 Å². The maximum Gasteiger partial charge on any atom is 0.225 e. The number of thiophene rings is 1. The van der Waals surface area contributed by atoms with E-state index in [9.17, 15) is 0 Å². The van der Waals surface area contributed by atoms with Gasteiger partial charge >= 0.3 is 0 Å². The lowest BCUT2D eigenvalue weighted by atomic mass is 10.0. The van der Waals surface area contributed by atoms with Gasteiger partial charge in [0.05, 0.1) is 5.39 Å². The molecule has 124 valence electrons. The van der Waals surface area contributed by atoms with E-state index in [1.54, 1.807) is 11.3 Å². The summed E-state index contributed by atoms with van der Waals surface area (Å²) < 4.78 is 0. The van der Waals surface area contributed by atoms with Crippen LogP contribution in [0.15, 0.2) is 29.6 Å². The lowest BCUT2D eigenvalue weighted by molar-refractivity contribution is 0.312. The van der Waals surface area contributed by atoms with Crippen LogP contribution in [0.3, 0.4) is 0 Å². The molecule has 3 heterocycles. The first kappa shape index (κ1) is 15.8. The van der Waals surface area contributed by atoms with Crippen LogP contribution in [0.2, 0.25) is 5.28 Å². The Morgan fingerprint density at radius 3 is 2.46 bits per heavy atom. The van der Waals surface area contributed by atoms with Crippen molar-refractivity contribution < 1.29 is 0 Å². The number of rotatable bonds is 2. The molecule has 0 spiro atoms. The van der Waals surface area contributed by atoms with Gasteiger partial charge in [-0.3, -0.25) is 0 Å². The van der Waals surface area contributed by atoms with Gasteiger partial charge in [-0.05, 0) is 31.1 Å². The molecule has 0 radical (unpaired) electrons. The van der Waals surface area contributed by atoms with E-state index in [0.29, 0.717) is 5.28 Å². The van der Waals surface area contributed by atoms with Gasteiger partial charge in [0.15, 0.2) is 0 Å². The van der Waals surface area contributed by atoms with E-state index < -0.39 is 0 Å². The van der Waals surface area contributed by atoms with Crippen molar-refractivity contribution in [2.24, 2.45) is 0 Å². The number of anilines is 1. The fraction of sp³-hybridized carbons (Fsp3) is 0.333. The zero-order valence-electron chi connectivity index (χ0n) is 13.8. The van der Waals surface area contributed by atoms with Crippen LogP contribution < -0.4 is 4.90 Å². The second-order valence-corrected chi connectivity index (χ2v) is 7.50. The van der Waals surface area contributed by atoms with Crippen LogP contribution >= 0.6 is 22.9 Å². The second kappa shape index (κ2) is 6.31. The third-order valence-corrected chi connectivity index (χ3v) is 5.59.